The van der Waals surface area contributed by atoms with Crippen molar-refractivity contribution < 1.29 is 9.53 Å². The topological polar surface area (TPSA) is 41.6 Å². The Kier molecular flexibility index (Phi) is 3.69. The summed E-state index contributed by atoms with van der Waals surface area (Å²) in [6.45, 7) is 2.54. The summed E-state index contributed by atoms with van der Waals surface area (Å²) in [4.78, 5) is 13.5. The highest BCUT2D eigenvalue weighted by Crippen LogP contribution is 2.24. The first-order chi connectivity index (χ1) is 9.33. The molecule has 0 aliphatic carbocycles. The van der Waals surface area contributed by atoms with E-state index in [0.29, 0.717) is 12.5 Å². The maximum absolute atomic E-state index is 11.7. The third kappa shape index (κ3) is 2.89. The van der Waals surface area contributed by atoms with Gasteiger partial charge in [0.2, 0.25) is 5.91 Å². The van der Waals surface area contributed by atoms with E-state index < -0.39 is 0 Å². The van der Waals surface area contributed by atoms with Crippen molar-refractivity contribution in [3.05, 3.63) is 24.3 Å². The lowest BCUT2D eigenvalue weighted by Crippen LogP contribution is -2.28. The Balaban J connectivity index is 1.63. The lowest BCUT2D eigenvalue weighted by Gasteiger charge is -2.24. The van der Waals surface area contributed by atoms with Gasteiger partial charge in [0.05, 0.1) is 0 Å². The Morgan fingerprint density at radius 1 is 1.16 bits per heavy atom. The van der Waals surface area contributed by atoms with Crippen LogP contribution in [0.4, 0.5) is 11.4 Å². The van der Waals surface area contributed by atoms with E-state index in [2.05, 4.69) is 17.4 Å². The monoisotopic (exact) mass is 260 g/mol. The van der Waals surface area contributed by atoms with Crippen molar-refractivity contribution in [3.8, 4) is 0 Å². The first kappa shape index (κ1) is 12.5. The summed E-state index contributed by atoms with van der Waals surface area (Å²) >= 11 is 0. The normalized spacial score (nSPS) is 20.8. The zero-order valence-corrected chi connectivity index (χ0v) is 11.1. The van der Waals surface area contributed by atoms with Crippen molar-refractivity contribution in [1.82, 2.24) is 0 Å². The molecule has 0 atom stereocenters. The molecule has 0 aromatic heterocycles. The van der Waals surface area contributed by atoms with Crippen molar-refractivity contribution in [1.29, 1.82) is 0 Å². The predicted octanol–water partition coefficient (Wildman–Crippen LogP) is 2.40. The quantitative estimate of drug-likeness (QED) is 0.907. The number of benzene rings is 1. The van der Waals surface area contributed by atoms with Crippen molar-refractivity contribution in [3.63, 3.8) is 0 Å². The highest BCUT2D eigenvalue weighted by atomic mass is 16.5. The molecule has 1 amide bonds. The molecule has 1 N–H and O–H groups in total. The molecular formula is C15H20N2O2. The minimum Gasteiger partial charge on any atom is -0.382 e. The van der Waals surface area contributed by atoms with Gasteiger partial charge in [-0.05, 0) is 43.5 Å². The van der Waals surface area contributed by atoms with E-state index in [1.54, 1.807) is 0 Å². The molecule has 2 aliphatic heterocycles. The summed E-state index contributed by atoms with van der Waals surface area (Å²) in [6, 6.07) is 8.70. The number of hydrogen-bond donors (Lipinski definition) is 1. The Hall–Kier alpha value is -1.55. The Bertz CT molecular complexity index is 438. The Morgan fingerprint density at radius 2 is 1.89 bits per heavy atom. The van der Waals surface area contributed by atoms with Gasteiger partial charge in [-0.25, -0.2) is 0 Å². The van der Waals surface area contributed by atoms with Crippen molar-refractivity contribution in [2.45, 2.75) is 31.7 Å². The molecule has 102 valence electrons. The number of nitrogens with zero attached hydrogens (tertiary/aromatic N) is 1. The molecule has 2 saturated heterocycles. The molecule has 0 unspecified atom stereocenters. The van der Waals surface area contributed by atoms with Crippen LogP contribution in [0.15, 0.2) is 24.3 Å². The summed E-state index contributed by atoms with van der Waals surface area (Å²) in [5, 5.41) is 3.53. The van der Waals surface area contributed by atoms with Crippen LogP contribution in [0.3, 0.4) is 0 Å². The summed E-state index contributed by atoms with van der Waals surface area (Å²) in [5.41, 5.74) is 2.14. The maximum Gasteiger partial charge on any atom is 0.227 e. The predicted molar refractivity (Wildman–Crippen MR) is 75.5 cm³/mol. The molecule has 0 spiro atoms. The Labute approximate surface area is 113 Å². The molecule has 4 heteroatoms. The highest BCUT2D eigenvalue weighted by Gasteiger charge is 2.21. The minimum atomic E-state index is 0.241. The number of ether oxygens (including phenoxy) is 1. The van der Waals surface area contributed by atoms with E-state index >= 15 is 0 Å². The van der Waals surface area contributed by atoms with Crippen molar-refractivity contribution >= 4 is 17.3 Å². The lowest BCUT2D eigenvalue weighted by atomic mass is 10.1. The molecule has 2 aliphatic rings. The van der Waals surface area contributed by atoms with Crippen LogP contribution in [0.2, 0.25) is 0 Å². The van der Waals surface area contributed by atoms with Gasteiger partial charge in [0.15, 0.2) is 0 Å². The van der Waals surface area contributed by atoms with Crippen LogP contribution in [0, 0.1) is 0 Å². The summed E-state index contributed by atoms with van der Waals surface area (Å²) in [6.07, 6.45) is 3.78. The van der Waals surface area contributed by atoms with Crippen LogP contribution in [0.5, 0.6) is 0 Å². The second kappa shape index (κ2) is 5.61. The van der Waals surface area contributed by atoms with Gasteiger partial charge >= 0.3 is 0 Å². The lowest BCUT2D eigenvalue weighted by molar-refractivity contribution is -0.117. The van der Waals surface area contributed by atoms with E-state index in [1.807, 2.05) is 17.0 Å². The third-order valence-electron chi connectivity index (χ3n) is 3.84. The van der Waals surface area contributed by atoms with Crippen LogP contribution in [0.1, 0.15) is 25.7 Å². The highest BCUT2D eigenvalue weighted by molar-refractivity contribution is 5.95. The van der Waals surface area contributed by atoms with Crippen LogP contribution in [0.25, 0.3) is 0 Å². The fourth-order valence-electron chi connectivity index (χ4n) is 2.74. The Morgan fingerprint density at radius 3 is 2.53 bits per heavy atom. The van der Waals surface area contributed by atoms with Gasteiger partial charge in [0, 0.05) is 43.6 Å². The van der Waals surface area contributed by atoms with E-state index in [1.165, 1.54) is 0 Å². The molecule has 0 radical (unpaired) electrons. The van der Waals surface area contributed by atoms with Crippen molar-refractivity contribution in [2.75, 3.05) is 30.0 Å². The molecule has 2 fully saturated rings. The molecule has 19 heavy (non-hydrogen) atoms. The number of hydrogen-bond acceptors (Lipinski definition) is 3. The van der Waals surface area contributed by atoms with E-state index in [9.17, 15) is 4.79 Å². The molecule has 3 rings (SSSR count). The number of rotatable bonds is 3. The number of amides is 1. The van der Waals surface area contributed by atoms with Gasteiger partial charge in [0.25, 0.3) is 0 Å². The minimum absolute atomic E-state index is 0.241. The standard InChI is InChI=1S/C15H20N2O2/c18-15-2-1-9-17(15)14-5-3-12(4-6-14)16-13-7-10-19-11-8-13/h3-6,13,16H,1-2,7-11H2. The van der Waals surface area contributed by atoms with Crippen LogP contribution in [-0.4, -0.2) is 31.7 Å². The fourth-order valence-corrected chi connectivity index (χ4v) is 2.74. The van der Waals surface area contributed by atoms with Gasteiger partial charge in [-0.15, -0.1) is 0 Å². The summed E-state index contributed by atoms with van der Waals surface area (Å²) in [7, 11) is 0. The van der Waals surface area contributed by atoms with Crippen LogP contribution < -0.4 is 10.2 Å². The average molecular weight is 260 g/mol. The summed E-state index contributed by atoms with van der Waals surface area (Å²) in [5.74, 6) is 0.241. The van der Waals surface area contributed by atoms with E-state index in [4.69, 9.17) is 4.74 Å². The third-order valence-corrected chi connectivity index (χ3v) is 3.84. The fraction of sp³-hybridized carbons (Fsp3) is 0.533. The second-order valence-corrected chi connectivity index (χ2v) is 5.23. The van der Waals surface area contributed by atoms with Crippen LogP contribution >= 0.6 is 0 Å². The number of carbonyl (C=O) groups excluding carboxylic acids is 1. The maximum atomic E-state index is 11.7. The second-order valence-electron chi connectivity index (χ2n) is 5.23. The first-order valence-corrected chi connectivity index (χ1v) is 7.08. The molecule has 4 nitrogen and oxygen atoms in total. The van der Waals surface area contributed by atoms with Gasteiger partial charge in [-0.1, -0.05) is 0 Å². The summed E-state index contributed by atoms with van der Waals surface area (Å²) < 4.78 is 5.35. The average Bonchev–Trinajstić information content (AvgIpc) is 2.87. The van der Waals surface area contributed by atoms with Crippen LogP contribution in [-0.2, 0) is 9.53 Å². The number of carbonyl (C=O) groups is 1. The van der Waals surface area contributed by atoms with E-state index in [0.717, 1.165) is 50.4 Å². The van der Waals surface area contributed by atoms with E-state index in [-0.39, 0.29) is 5.91 Å². The molecule has 0 bridgehead atoms. The zero-order chi connectivity index (χ0) is 13.1. The first-order valence-electron chi connectivity index (χ1n) is 7.08. The molecule has 1 aromatic carbocycles. The molecule has 2 heterocycles. The molecule has 1 aromatic rings. The number of anilines is 2. The molecule has 0 saturated carbocycles. The van der Waals surface area contributed by atoms with Gasteiger partial charge in [0.1, 0.15) is 0 Å². The SMILES string of the molecule is O=C1CCCN1c1ccc(NC2CCOCC2)cc1. The largest absolute Gasteiger partial charge is 0.382 e. The van der Waals surface area contributed by atoms with Gasteiger partial charge < -0.3 is 15.0 Å². The van der Waals surface area contributed by atoms with Gasteiger partial charge in [-0.2, -0.15) is 0 Å². The van der Waals surface area contributed by atoms with Gasteiger partial charge in [-0.3, -0.25) is 4.79 Å². The zero-order valence-electron chi connectivity index (χ0n) is 11.1. The molecular weight excluding hydrogens is 240 g/mol. The van der Waals surface area contributed by atoms with Crippen molar-refractivity contribution in [2.24, 2.45) is 0 Å². The smallest absolute Gasteiger partial charge is 0.227 e. The number of nitrogens with one attached hydrogen (secondary N) is 1.